The van der Waals surface area contributed by atoms with Crippen LogP contribution in [0.2, 0.25) is 0 Å². The van der Waals surface area contributed by atoms with E-state index in [1.54, 1.807) is 0 Å². The van der Waals surface area contributed by atoms with Gasteiger partial charge in [0.15, 0.2) is 0 Å². The van der Waals surface area contributed by atoms with Crippen LogP contribution in [-0.2, 0) is 12.8 Å². The summed E-state index contributed by atoms with van der Waals surface area (Å²) in [6.45, 7) is 2.26. The maximum atomic E-state index is 4.42. The second-order valence-electron chi connectivity index (χ2n) is 4.62. The predicted molar refractivity (Wildman–Crippen MR) is 70.8 cm³/mol. The zero-order valence-electron chi connectivity index (χ0n) is 10.2. The van der Waals surface area contributed by atoms with Gasteiger partial charge in [0, 0.05) is 6.21 Å². The van der Waals surface area contributed by atoms with E-state index < -0.39 is 0 Å². The summed E-state index contributed by atoms with van der Waals surface area (Å²) >= 11 is 0. The molecule has 1 aliphatic rings. The molecule has 0 unspecified atom stereocenters. The molecule has 1 aromatic rings. The lowest BCUT2D eigenvalue weighted by Crippen LogP contribution is -1.95. The average molecular weight is 215 g/mol. The van der Waals surface area contributed by atoms with Crippen molar-refractivity contribution in [2.45, 2.75) is 51.9 Å². The Morgan fingerprint density at radius 2 is 2.12 bits per heavy atom. The van der Waals surface area contributed by atoms with Gasteiger partial charge in [0.2, 0.25) is 0 Å². The molecule has 0 amide bonds. The summed E-state index contributed by atoms with van der Waals surface area (Å²) in [7, 11) is 0. The van der Waals surface area contributed by atoms with E-state index in [9.17, 15) is 0 Å². The Balaban J connectivity index is 1.93. The van der Waals surface area contributed by atoms with Gasteiger partial charge in [-0.2, -0.15) is 0 Å². The van der Waals surface area contributed by atoms with E-state index in [0.717, 1.165) is 6.42 Å². The summed E-state index contributed by atoms with van der Waals surface area (Å²) in [4.78, 5) is 4.42. The van der Waals surface area contributed by atoms with E-state index >= 15 is 0 Å². The average Bonchev–Trinajstić information content (AvgIpc) is 2.34. The summed E-state index contributed by atoms with van der Waals surface area (Å²) in [6, 6.07) is 6.78. The van der Waals surface area contributed by atoms with Gasteiger partial charge in [-0.25, -0.2) is 0 Å². The number of fused-ring (bicyclic) bond motifs is 1. The highest BCUT2D eigenvalue weighted by Gasteiger charge is 2.05. The van der Waals surface area contributed by atoms with Gasteiger partial charge >= 0.3 is 0 Å². The van der Waals surface area contributed by atoms with Crippen LogP contribution >= 0.6 is 0 Å². The molecule has 86 valence electrons. The van der Waals surface area contributed by atoms with E-state index in [-0.39, 0.29) is 0 Å². The largest absolute Gasteiger partial charge is 0.261 e. The van der Waals surface area contributed by atoms with Crippen LogP contribution in [0, 0.1) is 0 Å². The van der Waals surface area contributed by atoms with Gasteiger partial charge in [0.25, 0.3) is 0 Å². The zero-order valence-corrected chi connectivity index (χ0v) is 10.2. The van der Waals surface area contributed by atoms with Crippen molar-refractivity contribution in [3.8, 4) is 0 Å². The number of aliphatic imine (C=N–C) groups is 1. The number of hydrogen-bond acceptors (Lipinski definition) is 1. The Hall–Kier alpha value is -1.11. The van der Waals surface area contributed by atoms with Crippen LogP contribution in [0.4, 0.5) is 5.69 Å². The minimum Gasteiger partial charge on any atom is -0.261 e. The second kappa shape index (κ2) is 5.83. The molecule has 0 radical (unpaired) electrons. The third-order valence-electron chi connectivity index (χ3n) is 3.24. The lowest BCUT2D eigenvalue weighted by molar-refractivity contribution is 0.666. The van der Waals surface area contributed by atoms with Gasteiger partial charge in [0.05, 0.1) is 5.69 Å². The number of nitrogens with zero attached hydrogens (tertiary/aromatic N) is 1. The summed E-state index contributed by atoms with van der Waals surface area (Å²) in [5.41, 5.74) is 4.12. The van der Waals surface area contributed by atoms with Gasteiger partial charge in [0.1, 0.15) is 0 Å². The van der Waals surface area contributed by atoms with Gasteiger partial charge < -0.3 is 0 Å². The molecular weight excluding hydrogens is 194 g/mol. The Bertz CT molecular complexity index is 366. The minimum atomic E-state index is 1.10. The fourth-order valence-corrected chi connectivity index (χ4v) is 2.26. The highest BCUT2D eigenvalue weighted by Crippen LogP contribution is 2.25. The SMILES string of the molecule is CCCCCCc1ccc2c(c1)CCC=N2. The molecule has 16 heavy (non-hydrogen) atoms. The van der Waals surface area contributed by atoms with Crippen molar-refractivity contribution < 1.29 is 0 Å². The summed E-state index contributed by atoms with van der Waals surface area (Å²) < 4.78 is 0. The molecule has 0 saturated heterocycles. The third-order valence-corrected chi connectivity index (χ3v) is 3.24. The van der Waals surface area contributed by atoms with E-state index in [1.165, 1.54) is 55.3 Å². The first-order chi connectivity index (χ1) is 7.90. The van der Waals surface area contributed by atoms with Crippen LogP contribution in [0.15, 0.2) is 23.2 Å². The number of aryl methyl sites for hydroxylation is 2. The molecule has 1 heteroatoms. The van der Waals surface area contributed by atoms with Crippen LogP contribution in [0.25, 0.3) is 0 Å². The summed E-state index contributed by atoms with van der Waals surface area (Å²) in [6.07, 6.45) is 10.9. The number of benzene rings is 1. The zero-order chi connectivity index (χ0) is 11.2. The first-order valence-electron chi connectivity index (χ1n) is 6.54. The predicted octanol–water partition coefficient (Wildman–Crippen LogP) is 4.46. The van der Waals surface area contributed by atoms with E-state index in [1.807, 2.05) is 6.21 Å². The number of unbranched alkanes of at least 4 members (excludes halogenated alkanes) is 3. The number of hydrogen-bond donors (Lipinski definition) is 0. The van der Waals surface area contributed by atoms with Crippen LogP contribution in [0.1, 0.15) is 50.2 Å². The first kappa shape index (κ1) is 11.4. The molecule has 0 fully saturated rings. The summed E-state index contributed by atoms with van der Waals surface area (Å²) in [5.74, 6) is 0. The monoisotopic (exact) mass is 215 g/mol. The number of rotatable bonds is 5. The van der Waals surface area contributed by atoms with Crippen molar-refractivity contribution in [2.24, 2.45) is 4.99 Å². The molecule has 0 saturated carbocycles. The molecule has 0 aromatic heterocycles. The molecular formula is C15H21N. The first-order valence-corrected chi connectivity index (χ1v) is 6.54. The van der Waals surface area contributed by atoms with Crippen molar-refractivity contribution in [3.63, 3.8) is 0 Å². The molecule has 0 aliphatic carbocycles. The van der Waals surface area contributed by atoms with Gasteiger partial charge in [-0.1, -0.05) is 38.3 Å². The third kappa shape index (κ3) is 2.94. The maximum absolute atomic E-state index is 4.42. The maximum Gasteiger partial charge on any atom is 0.0657 e. The van der Waals surface area contributed by atoms with Gasteiger partial charge in [-0.15, -0.1) is 0 Å². The molecule has 2 rings (SSSR count). The minimum absolute atomic E-state index is 1.10. The van der Waals surface area contributed by atoms with E-state index in [4.69, 9.17) is 0 Å². The molecule has 0 N–H and O–H groups in total. The Labute approximate surface area is 98.6 Å². The van der Waals surface area contributed by atoms with Gasteiger partial charge in [-0.05, 0) is 42.9 Å². The molecule has 1 nitrogen and oxygen atoms in total. The van der Waals surface area contributed by atoms with Crippen LogP contribution in [0.3, 0.4) is 0 Å². The molecule has 0 atom stereocenters. The fourth-order valence-electron chi connectivity index (χ4n) is 2.26. The van der Waals surface area contributed by atoms with Crippen molar-refractivity contribution in [2.75, 3.05) is 0 Å². The Kier molecular flexibility index (Phi) is 4.15. The molecule has 0 spiro atoms. The molecule has 1 heterocycles. The smallest absolute Gasteiger partial charge is 0.0657 e. The molecule has 0 bridgehead atoms. The van der Waals surface area contributed by atoms with E-state index in [0.29, 0.717) is 0 Å². The van der Waals surface area contributed by atoms with Crippen molar-refractivity contribution in [1.29, 1.82) is 0 Å². The lowest BCUT2D eigenvalue weighted by atomic mass is 9.99. The van der Waals surface area contributed by atoms with Crippen molar-refractivity contribution >= 4 is 11.9 Å². The summed E-state index contributed by atoms with van der Waals surface area (Å²) in [5, 5.41) is 0. The van der Waals surface area contributed by atoms with E-state index in [2.05, 4.69) is 30.1 Å². The standard InChI is InChI=1S/C15H21N/c1-2-3-4-5-7-13-9-10-15-14(12-13)8-6-11-16-15/h9-12H,2-8H2,1H3. The molecule has 1 aliphatic heterocycles. The quantitative estimate of drug-likeness (QED) is 0.643. The van der Waals surface area contributed by atoms with Gasteiger partial charge in [-0.3, -0.25) is 4.99 Å². The Morgan fingerprint density at radius 1 is 1.19 bits per heavy atom. The fraction of sp³-hybridized carbons (Fsp3) is 0.533. The Morgan fingerprint density at radius 3 is 3.00 bits per heavy atom. The van der Waals surface area contributed by atoms with Crippen LogP contribution in [-0.4, -0.2) is 6.21 Å². The van der Waals surface area contributed by atoms with Crippen molar-refractivity contribution in [3.05, 3.63) is 29.3 Å². The highest BCUT2D eigenvalue weighted by molar-refractivity contribution is 5.68. The highest BCUT2D eigenvalue weighted by atomic mass is 14.7. The lowest BCUT2D eigenvalue weighted by Gasteiger charge is -2.11. The van der Waals surface area contributed by atoms with Crippen LogP contribution < -0.4 is 0 Å². The second-order valence-corrected chi connectivity index (χ2v) is 4.62. The normalized spacial score (nSPS) is 13.8. The van der Waals surface area contributed by atoms with Crippen LogP contribution in [0.5, 0.6) is 0 Å². The molecule has 1 aromatic carbocycles. The van der Waals surface area contributed by atoms with Crippen molar-refractivity contribution in [1.82, 2.24) is 0 Å². The topological polar surface area (TPSA) is 12.4 Å².